The highest BCUT2D eigenvalue weighted by Gasteiger charge is 2.32. The number of aliphatic hydroxyl groups is 1. The van der Waals surface area contributed by atoms with Gasteiger partial charge in [-0.15, -0.1) is 11.3 Å². The normalized spacial score (nSPS) is 27.2. The quantitative estimate of drug-likeness (QED) is 0.889. The van der Waals surface area contributed by atoms with E-state index in [0.717, 1.165) is 8.79 Å². The summed E-state index contributed by atoms with van der Waals surface area (Å²) in [4.78, 5) is 4.28. The summed E-state index contributed by atoms with van der Waals surface area (Å²) in [7, 11) is 0. The summed E-state index contributed by atoms with van der Waals surface area (Å²) < 4.78 is 6.22. The molecule has 1 aromatic rings. The van der Waals surface area contributed by atoms with Gasteiger partial charge in [0.05, 0.1) is 22.6 Å². The first kappa shape index (κ1) is 12.4. The van der Waals surface area contributed by atoms with Crippen molar-refractivity contribution in [2.75, 3.05) is 19.8 Å². The molecule has 0 spiro atoms. The Hall–Kier alpha value is -0.0100. The second-order valence-electron chi connectivity index (χ2n) is 4.13. The van der Waals surface area contributed by atoms with Gasteiger partial charge in [0, 0.05) is 19.6 Å². The van der Waals surface area contributed by atoms with Crippen LogP contribution in [0.4, 0.5) is 0 Å². The van der Waals surface area contributed by atoms with Crippen molar-refractivity contribution in [1.82, 2.24) is 10.3 Å². The van der Waals surface area contributed by atoms with Crippen molar-refractivity contribution >= 4 is 27.3 Å². The van der Waals surface area contributed by atoms with E-state index in [1.165, 1.54) is 0 Å². The van der Waals surface area contributed by atoms with Crippen LogP contribution in [0.2, 0.25) is 0 Å². The van der Waals surface area contributed by atoms with Crippen molar-refractivity contribution in [2.45, 2.75) is 25.0 Å². The lowest BCUT2D eigenvalue weighted by molar-refractivity contribution is 0.0252. The van der Waals surface area contributed by atoms with Gasteiger partial charge in [0.25, 0.3) is 0 Å². The van der Waals surface area contributed by atoms with Gasteiger partial charge < -0.3 is 15.2 Å². The van der Waals surface area contributed by atoms with Crippen LogP contribution in [-0.2, 0) is 4.74 Å². The number of thiazole rings is 1. The summed E-state index contributed by atoms with van der Waals surface area (Å²) >= 11 is 4.99. The third kappa shape index (κ3) is 3.01. The number of hydrogen-bond donors (Lipinski definition) is 2. The maximum atomic E-state index is 10.1. The molecule has 2 heterocycles. The zero-order chi connectivity index (χ0) is 11.6. The van der Waals surface area contributed by atoms with E-state index in [2.05, 4.69) is 26.2 Å². The van der Waals surface area contributed by atoms with E-state index in [1.54, 1.807) is 17.5 Å². The molecule has 2 N–H and O–H groups in total. The Morgan fingerprint density at radius 1 is 1.81 bits per heavy atom. The average Bonchev–Trinajstić information content (AvgIpc) is 2.85. The van der Waals surface area contributed by atoms with Crippen molar-refractivity contribution in [2.24, 2.45) is 0 Å². The minimum atomic E-state index is -0.706. The van der Waals surface area contributed by atoms with E-state index in [1.807, 2.05) is 6.92 Å². The lowest BCUT2D eigenvalue weighted by Crippen LogP contribution is -2.41. The van der Waals surface area contributed by atoms with E-state index in [4.69, 9.17) is 4.74 Å². The maximum Gasteiger partial charge on any atom is 0.110 e. The maximum absolute atomic E-state index is 10.1. The molecular weight excluding hydrogens is 292 g/mol. The third-order valence-corrected chi connectivity index (χ3v) is 4.34. The molecule has 4 nitrogen and oxygen atoms in total. The molecular formula is C10H15BrN2O2S. The predicted octanol–water partition coefficient (Wildman–Crippen LogP) is 1.71. The number of aromatic nitrogens is 1. The van der Waals surface area contributed by atoms with Crippen LogP contribution in [0, 0.1) is 0 Å². The molecule has 0 bridgehead atoms. The zero-order valence-corrected chi connectivity index (χ0v) is 11.5. The summed E-state index contributed by atoms with van der Waals surface area (Å²) in [6.45, 7) is 3.67. The minimum absolute atomic E-state index is 0.154. The molecule has 0 amide bonds. The van der Waals surface area contributed by atoms with Gasteiger partial charge in [-0.2, -0.15) is 0 Å². The molecule has 0 saturated carbocycles. The lowest BCUT2D eigenvalue weighted by atomic mass is 10.0. The molecule has 2 unspecified atom stereocenters. The highest BCUT2D eigenvalue weighted by atomic mass is 79.9. The van der Waals surface area contributed by atoms with Crippen molar-refractivity contribution in [3.63, 3.8) is 0 Å². The average molecular weight is 307 g/mol. The first-order valence-electron chi connectivity index (χ1n) is 5.24. The fourth-order valence-corrected chi connectivity index (χ4v) is 2.90. The molecule has 1 aliphatic rings. The SMILES string of the molecule is CC(NCC1(O)CCOC1)c1ncc(Br)s1. The lowest BCUT2D eigenvalue weighted by Gasteiger charge is -2.22. The Balaban J connectivity index is 1.86. The van der Waals surface area contributed by atoms with Crippen molar-refractivity contribution in [3.05, 3.63) is 15.0 Å². The molecule has 2 rings (SSSR count). The largest absolute Gasteiger partial charge is 0.386 e. The first-order chi connectivity index (χ1) is 7.59. The summed E-state index contributed by atoms with van der Waals surface area (Å²) in [6, 6.07) is 0.154. The Bertz CT molecular complexity index is 352. The smallest absolute Gasteiger partial charge is 0.110 e. The number of nitrogens with one attached hydrogen (secondary N) is 1. The van der Waals surface area contributed by atoms with Crippen LogP contribution in [-0.4, -0.2) is 35.5 Å². The van der Waals surface area contributed by atoms with Crippen LogP contribution >= 0.6 is 27.3 Å². The van der Waals surface area contributed by atoms with Gasteiger partial charge in [-0.1, -0.05) is 0 Å². The summed E-state index contributed by atoms with van der Waals surface area (Å²) in [6.07, 6.45) is 2.50. The standard InChI is InChI=1S/C10H15BrN2O2S/c1-7(9-12-4-8(11)16-9)13-5-10(14)2-3-15-6-10/h4,7,13-14H,2-3,5-6H2,1H3. The topological polar surface area (TPSA) is 54.4 Å². The second-order valence-corrected chi connectivity index (χ2v) is 6.57. The number of hydrogen-bond acceptors (Lipinski definition) is 5. The molecule has 1 saturated heterocycles. The highest BCUT2D eigenvalue weighted by Crippen LogP contribution is 2.25. The van der Waals surface area contributed by atoms with E-state index in [-0.39, 0.29) is 6.04 Å². The van der Waals surface area contributed by atoms with Crippen LogP contribution in [0.3, 0.4) is 0 Å². The van der Waals surface area contributed by atoms with Crippen LogP contribution in [0.5, 0.6) is 0 Å². The monoisotopic (exact) mass is 306 g/mol. The van der Waals surface area contributed by atoms with E-state index < -0.39 is 5.60 Å². The van der Waals surface area contributed by atoms with Crippen LogP contribution < -0.4 is 5.32 Å². The number of ether oxygens (including phenoxy) is 1. The zero-order valence-electron chi connectivity index (χ0n) is 9.07. The van der Waals surface area contributed by atoms with Gasteiger partial charge in [0.2, 0.25) is 0 Å². The minimum Gasteiger partial charge on any atom is -0.386 e. The van der Waals surface area contributed by atoms with Gasteiger partial charge in [-0.05, 0) is 22.9 Å². The van der Waals surface area contributed by atoms with Crippen molar-refractivity contribution < 1.29 is 9.84 Å². The van der Waals surface area contributed by atoms with Gasteiger partial charge in [-0.25, -0.2) is 4.98 Å². The third-order valence-electron chi connectivity index (χ3n) is 2.69. The first-order valence-corrected chi connectivity index (χ1v) is 6.85. The number of rotatable bonds is 4. The van der Waals surface area contributed by atoms with E-state index >= 15 is 0 Å². The van der Waals surface area contributed by atoms with Crippen molar-refractivity contribution in [3.8, 4) is 0 Å². The highest BCUT2D eigenvalue weighted by molar-refractivity contribution is 9.11. The van der Waals surface area contributed by atoms with Crippen LogP contribution in [0.1, 0.15) is 24.4 Å². The summed E-state index contributed by atoms with van der Waals surface area (Å²) in [5.41, 5.74) is -0.706. The molecule has 6 heteroatoms. The van der Waals surface area contributed by atoms with Gasteiger partial charge in [0.1, 0.15) is 10.6 Å². The fourth-order valence-electron chi connectivity index (χ4n) is 1.63. The molecule has 1 aromatic heterocycles. The molecule has 16 heavy (non-hydrogen) atoms. The van der Waals surface area contributed by atoms with Crippen LogP contribution in [0.15, 0.2) is 9.98 Å². The van der Waals surface area contributed by atoms with Gasteiger partial charge in [-0.3, -0.25) is 0 Å². The van der Waals surface area contributed by atoms with Gasteiger partial charge in [0.15, 0.2) is 0 Å². The second kappa shape index (κ2) is 5.10. The number of nitrogens with zero attached hydrogens (tertiary/aromatic N) is 1. The Labute approximate surface area is 107 Å². The predicted molar refractivity (Wildman–Crippen MR) is 66.6 cm³/mol. The van der Waals surface area contributed by atoms with E-state index in [9.17, 15) is 5.11 Å². The van der Waals surface area contributed by atoms with Crippen LogP contribution in [0.25, 0.3) is 0 Å². The molecule has 1 aliphatic heterocycles. The summed E-state index contributed by atoms with van der Waals surface area (Å²) in [5.74, 6) is 0. The fraction of sp³-hybridized carbons (Fsp3) is 0.700. The van der Waals surface area contributed by atoms with Gasteiger partial charge >= 0.3 is 0 Å². The molecule has 0 aromatic carbocycles. The Kier molecular flexibility index (Phi) is 3.97. The Morgan fingerprint density at radius 3 is 3.19 bits per heavy atom. The summed E-state index contributed by atoms with van der Waals surface area (Å²) in [5, 5.41) is 14.4. The van der Waals surface area contributed by atoms with Crippen molar-refractivity contribution in [1.29, 1.82) is 0 Å². The van der Waals surface area contributed by atoms with E-state index in [0.29, 0.717) is 26.2 Å². The molecule has 0 radical (unpaired) electrons. The molecule has 90 valence electrons. The molecule has 0 aliphatic carbocycles. The molecule has 2 atom stereocenters. The molecule has 1 fully saturated rings. The Morgan fingerprint density at radius 2 is 2.62 bits per heavy atom. The number of halogens is 1.